The molecule has 0 saturated heterocycles. The first-order valence-electron chi connectivity index (χ1n) is 7.44. The molecule has 1 heterocycles. The lowest BCUT2D eigenvalue weighted by atomic mass is 9.85. The number of hydrogen-bond donors (Lipinski definition) is 0. The summed E-state index contributed by atoms with van der Waals surface area (Å²) in [6.07, 6.45) is 5.47. The van der Waals surface area contributed by atoms with E-state index in [-0.39, 0.29) is 12.4 Å². The van der Waals surface area contributed by atoms with E-state index >= 15 is 0 Å². The first-order chi connectivity index (χ1) is 9.61. The molecule has 0 bridgehead atoms. The van der Waals surface area contributed by atoms with Gasteiger partial charge in [-0.2, -0.15) is 0 Å². The molecule has 1 aliphatic carbocycles. The highest BCUT2D eigenvalue weighted by Gasteiger charge is 2.26. The number of carbonyl (C=O) groups excluding carboxylic acids is 1. The zero-order valence-corrected chi connectivity index (χ0v) is 13.4. The van der Waals surface area contributed by atoms with Crippen molar-refractivity contribution in [3.05, 3.63) is 11.1 Å². The average molecular weight is 296 g/mol. The number of anilines is 1. The van der Waals surface area contributed by atoms with Crippen LogP contribution < -0.4 is 4.90 Å². The van der Waals surface area contributed by atoms with Gasteiger partial charge in [-0.15, -0.1) is 11.3 Å². The SMILES string of the molecule is CCOC(=O)Cc1csc(N(C)C2CCCCC2C)n1. The van der Waals surface area contributed by atoms with Crippen molar-refractivity contribution in [3.8, 4) is 0 Å². The Bertz CT molecular complexity index is 447. The molecule has 0 amide bonds. The third-order valence-electron chi connectivity index (χ3n) is 4.04. The van der Waals surface area contributed by atoms with E-state index in [4.69, 9.17) is 4.74 Å². The first kappa shape index (κ1) is 15.3. The number of rotatable bonds is 5. The highest BCUT2D eigenvalue weighted by molar-refractivity contribution is 7.13. The third-order valence-corrected chi connectivity index (χ3v) is 5.02. The van der Waals surface area contributed by atoms with Crippen LogP contribution in [0.4, 0.5) is 5.13 Å². The molecule has 4 nitrogen and oxygen atoms in total. The van der Waals surface area contributed by atoms with Crippen molar-refractivity contribution in [1.82, 2.24) is 4.98 Å². The van der Waals surface area contributed by atoms with Crippen LogP contribution in [-0.4, -0.2) is 30.6 Å². The van der Waals surface area contributed by atoms with E-state index in [0.717, 1.165) is 10.8 Å². The molecule has 0 spiro atoms. The lowest BCUT2D eigenvalue weighted by Crippen LogP contribution is -2.38. The summed E-state index contributed by atoms with van der Waals surface area (Å²) in [7, 11) is 2.12. The Kier molecular flexibility index (Phi) is 5.40. The molecule has 2 atom stereocenters. The summed E-state index contributed by atoms with van der Waals surface area (Å²) >= 11 is 1.62. The van der Waals surface area contributed by atoms with Gasteiger partial charge in [-0.3, -0.25) is 4.79 Å². The van der Waals surface area contributed by atoms with Crippen molar-refractivity contribution in [1.29, 1.82) is 0 Å². The minimum atomic E-state index is -0.196. The molecule has 1 saturated carbocycles. The minimum absolute atomic E-state index is 0.196. The predicted octanol–water partition coefficient (Wildman–Crippen LogP) is 3.26. The molecule has 0 radical (unpaired) electrons. The van der Waals surface area contributed by atoms with E-state index < -0.39 is 0 Å². The van der Waals surface area contributed by atoms with Crippen molar-refractivity contribution in [2.24, 2.45) is 5.92 Å². The zero-order chi connectivity index (χ0) is 14.5. The molecule has 2 rings (SSSR count). The van der Waals surface area contributed by atoms with Crippen LogP contribution in [-0.2, 0) is 16.0 Å². The average Bonchev–Trinajstić information content (AvgIpc) is 2.87. The van der Waals surface area contributed by atoms with Gasteiger partial charge >= 0.3 is 5.97 Å². The molecule has 1 aromatic rings. The van der Waals surface area contributed by atoms with E-state index in [2.05, 4.69) is 23.9 Å². The monoisotopic (exact) mass is 296 g/mol. The van der Waals surface area contributed by atoms with Crippen LogP contribution in [0.3, 0.4) is 0 Å². The second-order valence-corrected chi connectivity index (χ2v) is 6.38. The molecule has 0 aromatic carbocycles. The summed E-state index contributed by atoms with van der Waals surface area (Å²) in [5, 5.41) is 2.99. The van der Waals surface area contributed by atoms with Crippen molar-refractivity contribution in [2.75, 3.05) is 18.6 Å². The van der Waals surface area contributed by atoms with Gasteiger partial charge in [0, 0.05) is 18.5 Å². The van der Waals surface area contributed by atoms with Crippen LogP contribution in [0.2, 0.25) is 0 Å². The Morgan fingerprint density at radius 1 is 1.50 bits per heavy atom. The Hall–Kier alpha value is -1.10. The summed E-state index contributed by atoms with van der Waals surface area (Å²) in [4.78, 5) is 18.4. The van der Waals surface area contributed by atoms with Gasteiger partial charge in [0.05, 0.1) is 18.7 Å². The third kappa shape index (κ3) is 3.72. The maximum Gasteiger partial charge on any atom is 0.311 e. The highest BCUT2D eigenvalue weighted by atomic mass is 32.1. The van der Waals surface area contributed by atoms with E-state index in [9.17, 15) is 4.79 Å². The Morgan fingerprint density at radius 3 is 2.95 bits per heavy atom. The molecule has 1 aliphatic rings. The molecule has 5 heteroatoms. The first-order valence-corrected chi connectivity index (χ1v) is 8.32. The fraction of sp³-hybridized carbons (Fsp3) is 0.733. The van der Waals surface area contributed by atoms with Gasteiger partial charge in [0.1, 0.15) is 0 Å². The maximum absolute atomic E-state index is 11.5. The molecule has 0 aliphatic heterocycles. The summed E-state index contributed by atoms with van der Waals surface area (Å²) in [6, 6.07) is 0.574. The summed E-state index contributed by atoms with van der Waals surface area (Å²) in [5.74, 6) is 0.518. The largest absolute Gasteiger partial charge is 0.466 e. The van der Waals surface area contributed by atoms with Crippen molar-refractivity contribution in [2.45, 2.75) is 52.0 Å². The van der Waals surface area contributed by atoms with Crippen molar-refractivity contribution >= 4 is 22.4 Å². The molecule has 1 aromatic heterocycles. The van der Waals surface area contributed by atoms with Crippen LogP contribution >= 0.6 is 11.3 Å². The maximum atomic E-state index is 11.5. The van der Waals surface area contributed by atoms with Gasteiger partial charge in [-0.1, -0.05) is 19.8 Å². The fourth-order valence-electron chi connectivity index (χ4n) is 2.91. The van der Waals surface area contributed by atoms with Crippen LogP contribution in [0.5, 0.6) is 0 Å². The number of thiazole rings is 1. The lowest BCUT2D eigenvalue weighted by molar-refractivity contribution is -0.142. The highest BCUT2D eigenvalue weighted by Crippen LogP contribution is 2.31. The van der Waals surface area contributed by atoms with Crippen LogP contribution in [0, 0.1) is 5.92 Å². The van der Waals surface area contributed by atoms with E-state index in [1.54, 1.807) is 11.3 Å². The van der Waals surface area contributed by atoms with Gasteiger partial charge < -0.3 is 9.64 Å². The number of carbonyl (C=O) groups is 1. The van der Waals surface area contributed by atoms with Crippen molar-refractivity contribution < 1.29 is 9.53 Å². The number of nitrogens with zero attached hydrogens (tertiary/aromatic N) is 2. The standard InChI is InChI=1S/C15H24N2O2S/c1-4-19-14(18)9-12-10-20-15(16-12)17(3)13-8-6-5-7-11(13)2/h10-11,13H,4-9H2,1-3H3. The summed E-state index contributed by atoms with van der Waals surface area (Å²) in [6.45, 7) is 4.57. The zero-order valence-electron chi connectivity index (χ0n) is 12.6. The lowest BCUT2D eigenvalue weighted by Gasteiger charge is -2.36. The number of aromatic nitrogens is 1. The Morgan fingerprint density at radius 2 is 2.25 bits per heavy atom. The normalized spacial score (nSPS) is 22.6. The quantitative estimate of drug-likeness (QED) is 0.782. The van der Waals surface area contributed by atoms with Crippen LogP contribution in [0.15, 0.2) is 5.38 Å². The van der Waals surface area contributed by atoms with Gasteiger partial charge in [-0.05, 0) is 25.7 Å². The summed E-state index contributed by atoms with van der Waals surface area (Å²) < 4.78 is 4.96. The molecule has 20 heavy (non-hydrogen) atoms. The van der Waals surface area contributed by atoms with Gasteiger partial charge in [0.2, 0.25) is 0 Å². The summed E-state index contributed by atoms with van der Waals surface area (Å²) in [5.41, 5.74) is 0.818. The van der Waals surface area contributed by atoms with E-state index in [1.807, 2.05) is 12.3 Å². The molecule has 112 valence electrons. The predicted molar refractivity (Wildman–Crippen MR) is 82.3 cm³/mol. The topological polar surface area (TPSA) is 42.4 Å². The van der Waals surface area contributed by atoms with Crippen LogP contribution in [0.25, 0.3) is 0 Å². The molecule has 2 unspecified atom stereocenters. The molecular formula is C15H24N2O2S. The van der Waals surface area contributed by atoms with Crippen LogP contribution in [0.1, 0.15) is 45.2 Å². The smallest absolute Gasteiger partial charge is 0.311 e. The van der Waals surface area contributed by atoms with Gasteiger partial charge in [-0.25, -0.2) is 4.98 Å². The number of hydrogen-bond acceptors (Lipinski definition) is 5. The molecule has 0 N–H and O–H groups in total. The van der Waals surface area contributed by atoms with E-state index in [0.29, 0.717) is 18.6 Å². The van der Waals surface area contributed by atoms with Gasteiger partial charge in [0.25, 0.3) is 0 Å². The number of esters is 1. The number of ether oxygens (including phenoxy) is 1. The molecular weight excluding hydrogens is 272 g/mol. The Balaban J connectivity index is 1.98. The van der Waals surface area contributed by atoms with E-state index in [1.165, 1.54) is 25.7 Å². The van der Waals surface area contributed by atoms with Crippen molar-refractivity contribution in [3.63, 3.8) is 0 Å². The minimum Gasteiger partial charge on any atom is -0.466 e. The van der Waals surface area contributed by atoms with Gasteiger partial charge in [0.15, 0.2) is 5.13 Å². The fourth-order valence-corrected chi connectivity index (χ4v) is 3.76. The Labute approximate surface area is 125 Å². The second-order valence-electron chi connectivity index (χ2n) is 5.54. The second kappa shape index (κ2) is 7.07. The molecule has 1 fully saturated rings.